The van der Waals surface area contributed by atoms with Crippen LogP contribution in [0.15, 0.2) is 36.4 Å². The molecule has 0 aliphatic carbocycles. The molecule has 1 N–H and O–H groups in total. The molecule has 3 heteroatoms. The first-order valence-corrected chi connectivity index (χ1v) is 7.85. The smallest absolute Gasteiger partial charge is 0.119 e. The highest BCUT2D eigenvalue weighted by Crippen LogP contribution is 2.26. The Labute approximate surface area is 133 Å². The van der Waals surface area contributed by atoms with Crippen LogP contribution in [0, 0.1) is 6.92 Å². The van der Waals surface area contributed by atoms with Gasteiger partial charge in [0.15, 0.2) is 0 Å². The Morgan fingerprint density at radius 2 is 1.77 bits per heavy atom. The van der Waals surface area contributed by atoms with E-state index in [1.54, 1.807) is 13.8 Å². The molecule has 1 aromatic heterocycles. The quantitative estimate of drug-likeness (QED) is 0.801. The van der Waals surface area contributed by atoms with Gasteiger partial charge in [0.2, 0.25) is 0 Å². The second-order valence-electron chi connectivity index (χ2n) is 6.11. The minimum atomic E-state index is -0.868. The van der Waals surface area contributed by atoms with Crippen LogP contribution in [0.4, 0.5) is 0 Å². The van der Waals surface area contributed by atoms with Gasteiger partial charge in [0, 0.05) is 16.8 Å². The number of aliphatic hydroxyl groups is 1. The summed E-state index contributed by atoms with van der Waals surface area (Å²) in [6, 6.07) is 11.9. The van der Waals surface area contributed by atoms with Gasteiger partial charge in [0.25, 0.3) is 0 Å². The third-order valence-electron chi connectivity index (χ3n) is 3.66. The molecule has 0 aliphatic heterocycles. The molecular formula is C19H25NO2. The zero-order chi connectivity index (χ0) is 16.2. The fraction of sp³-hybridized carbons (Fsp3) is 0.421. The summed E-state index contributed by atoms with van der Waals surface area (Å²) in [4.78, 5) is 4.61. The SMILES string of the molecule is CCCCOc1ccc(-c2ccc(C(C)(C)O)c(C)n2)cc1. The van der Waals surface area contributed by atoms with Gasteiger partial charge in [-0.3, -0.25) is 4.98 Å². The van der Waals surface area contributed by atoms with Crippen molar-refractivity contribution in [3.63, 3.8) is 0 Å². The number of rotatable bonds is 6. The topological polar surface area (TPSA) is 42.4 Å². The van der Waals surface area contributed by atoms with Crippen molar-refractivity contribution in [2.75, 3.05) is 6.61 Å². The van der Waals surface area contributed by atoms with Crippen molar-refractivity contribution in [2.24, 2.45) is 0 Å². The van der Waals surface area contributed by atoms with Gasteiger partial charge in [0.05, 0.1) is 17.9 Å². The molecule has 1 aromatic carbocycles. The van der Waals surface area contributed by atoms with Gasteiger partial charge in [-0.15, -0.1) is 0 Å². The number of unbranched alkanes of at least 4 members (excludes halogenated alkanes) is 1. The van der Waals surface area contributed by atoms with E-state index in [-0.39, 0.29) is 0 Å². The molecule has 0 radical (unpaired) electrons. The molecule has 0 fully saturated rings. The summed E-state index contributed by atoms with van der Waals surface area (Å²) in [5.74, 6) is 0.891. The maximum Gasteiger partial charge on any atom is 0.119 e. The number of hydrogen-bond donors (Lipinski definition) is 1. The van der Waals surface area contributed by atoms with Crippen molar-refractivity contribution < 1.29 is 9.84 Å². The molecule has 0 aliphatic rings. The lowest BCUT2D eigenvalue weighted by molar-refractivity contribution is 0.0775. The van der Waals surface area contributed by atoms with Gasteiger partial charge >= 0.3 is 0 Å². The van der Waals surface area contributed by atoms with E-state index in [1.165, 1.54) is 0 Å². The maximum absolute atomic E-state index is 10.1. The summed E-state index contributed by atoms with van der Waals surface area (Å²) in [6.45, 7) is 8.39. The average Bonchev–Trinajstić information content (AvgIpc) is 2.47. The molecule has 0 saturated carbocycles. The standard InChI is InChI=1S/C19H25NO2/c1-5-6-13-22-16-9-7-15(8-10-16)18-12-11-17(14(2)20-18)19(3,4)21/h7-12,21H,5-6,13H2,1-4H3. The molecule has 0 unspecified atom stereocenters. The van der Waals surface area contributed by atoms with Crippen LogP contribution >= 0.6 is 0 Å². The number of aryl methyl sites for hydroxylation is 1. The third kappa shape index (κ3) is 4.08. The number of pyridine rings is 1. The van der Waals surface area contributed by atoms with Crippen molar-refractivity contribution in [2.45, 2.75) is 46.1 Å². The van der Waals surface area contributed by atoms with E-state index in [0.29, 0.717) is 0 Å². The van der Waals surface area contributed by atoms with E-state index < -0.39 is 5.60 Å². The third-order valence-corrected chi connectivity index (χ3v) is 3.66. The van der Waals surface area contributed by atoms with E-state index in [4.69, 9.17) is 4.74 Å². The lowest BCUT2D eigenvalue weighted by atomic mass is 9.96. The number of hydrogen-bond acceptors (Lipinski definition) is 3. The zero-order valence-corrected chi connectivity index (χ0v) is 13.9. The normalized spacial score (nSPS) is 11.5. The fourth-order valence-corrected chi connectivity index (χ4v) is 2.42. The molecule has 0 bridgehead atoms. The summed E-state index contributed by atoms with van der Waals surface area (Å²) in [5, 5.41) is 10.1. The minimum absolute atomic E-state index is 0.757. The second kappa shape index (κ2) is 6.93. The lowest BCUT2D eigenvalue weighted by Gasteiger charge is -2.20. The van der Waals surface area contributed by atoms with Gasteiger partial charge < -0.3 is 9.84 Å². The van der Waals surface area contributed by atoms with Crippen LogP contribution in [-0.2, 0) is 5.60 Å². The summed E-state index contributed by atoms with van der Waals surface area (Å²) in [5.41, 5.74) is 2.80. The predicted octanol–water partition coefficient (Wildman–Crippen LogP) is 4.46. The number of ether oxygens (including phenoxy) is 1. The number of aromatic nitrogens is 1. The van der Waals surface area contributed by atoms with E-state index in [2.05, 4.69) is 11.9 Å². The molecule has 1 heterocycles. The molecular weight excluding hydrogens is 274 g/mol. The van der Waals surface area contributed by atoms with Crippen LogP contribution in [0.5, 0.6) is 5.75 Å². The first-order chi connectivity index (χ1) is 10.4. The van der Waals surface area contributed by atoms with Crippen molar-refractivity contribution in [1.82, 2.24) is 4.98 Å². The maximum atomic E-state index is 10.1. The summed E-state index contributed by atoms with van der Waals surface area (Å²) in [6.07, 6.45) is 2.20. The molecule has 0 spiro atoms. The van der Waals surface area contributed by atoms with Crippen molar-refractivity contribution in [3.05, 3.63) is 47.7 Å². The molecule has 3 nitrogen and oxygen atoms in total. The van der Waals surface area contributed by atoms with Crippen LogP contribution in [0.3, 0.4) is 0 Å². The Morgan fingerprint density at radius 3 is 2.32 bits per heavy atom. The van der Waals surface area contributed by atoms with Crippen LogP contribution in [-0.4, -0.2) is 16.7 Å². The predicted molar refractivity (Wildman–Crippen MR) is 90.1 cm³/mol. The summed E-state index contributed by atoms with van der Waals surface area (Å²) in [7, 11) is 0. The largest absolute Gasteiger partial charge is 0.494 e. The van der Waals surface area contributed by atoms with Crippen LogP contribution < -0.4 is 4.74 Å². The first kappa shape index (κ1) is 16.5. The summed E-state index contributed by atoms with van der Waals surface area (Å²) >= 11 is 0. The summed E-state index contributed by atoms with van der Waals surface area (Å²) < 4.78 is 5.67. The van der Waals surface area contributed by atoms with Gasteiger partial charge in [-0.1, -0.05) is 19.4 Å². The number of benzene rings is 1. The van der Waals surface area contributed by atoms with Crippen LogP contribution in [0.25, 0.3) is 11.3 Å². The van der Waals surface area contributed by atoms with Crippen LogP contribution in [0.2, 0.25) is 0 Å². The molecule has 0 amide bonds. The Kier molecular flexibility index (Phi) is 5.19. The highest BCUT2D eigenvalue weighted by atomic mass is 16.5. The molecule has 0 atom stereocenters. The molecule has 118 valence electrons. The molecule has 2 rings (SSSR count). The lowest BCUT2D eigenvalue weighted by Crippen LogP contribution is -2.17. The average molecular weight is 299 g/mol. The molecule has 0 saturated heterocycles. The van der Waals surface area contributed by atoms with Crippen molar-refractivity contribution in [3.8, 4) is 17.0 Å². The fourth-order valence-electron chi connectivity index (χ4n) is 2.42. The minimum Gasteiger partial charge on any atom is -0.494 e. The first-order valence-electron chi connectivity index (χ1n) is 7.85. The second-order valence-corrected chi connectivity index (χ2v) is 6.11. The Morgan fingerprint density at radius 1 is 1.09 bits per heavy atom. The van der Waals surface area contributed by atoms with E-state index in [9.17, 15) is 5.11 Å². The number of nitrogens with zero attached hydrogens (tertiary/aromatic N) is 1. The van der Waals surface area contributed by atoms with E-state index in [1.807, 2.05) is 43.3 Å². The van der Waals surface area contributed by atoms with Crippen molar-refractivity contribution >= 4 is 0 Å². The zero-order valence-electron chi connectivity index (χ0n) is 13.9. The van der Waals surface area contributed by atoms with Gasteiger partial charge in [-0.25, -0.2) is 0 Å². The van der Waals surface area contributed by atoms with Gasteiger partial charge in [-0.2, -0.15) is 0 Å². The van der Waals surface area contributed by atoms with Gasteiger partial charge in [0.1, 0.15) is 5.75 Å². The molecule has 2 aromatic rings. The highest BCUT2D eigenvalue weighted by molar-refractivity contribution is 5.60. The highest BCUT2D eigenvalue weighted by Gasteiger charge is 2.19. The Hall–Kier alpha value is -1.87. The monoisotopic (exact) mass is 299 g/mol. The van der Waals surface area contributed by atoms with E-state index in [0.717, 1.165) is 47.7 Å². The van der Waals surface area contributed by atoms with Crippen LogP contribution in [0.1, 0.15) is 44.9 Å². The Bertz CT molecular complexity index is 612. The Balaban J connectivity index is 2.17. The van der Waals surface area contributed by atoms with E-state index >= 15 is 0 Å². The molecule has 22 heavy (non-hydrogen) atoms. The van der Waals surface area contributed by atoms with Gasteiger partial charge in [-0.05, 0) is 57.5 Å². The van der Waals surface area contributed by atoms with Crippen molar-refractivity contribution in [1.29, 1.82) is 0 Å².